The number of hydrogen-bond donors (Lipinski definition) is 3. The van der Waals surface area contributed by atoms with E-state index < -0.39 is 23.0 Å². The molecule has 2 aromatic carbocycles. The van der Waals surface area contributed by atoms with Crippen molar-refractivity contribution in [3.8, 4) is 17.1 Å². The van der Waals surface area contributed by atoms with Gasteiger partial charge in [0, 0.05) is 11.3 Å². The van der Waals surface area contributed by atoms with Crippen LogP contribution in [0.5, 0.6) is 6.01 Å². The van der Waals surface area contributed by atoms with Crippen LogP contribution in [0.1, 0.15) is 67.8 Å². The fraction of sp³-hybridized carbons (Fsp3) is 0.419. The quantitative estimate of drug-likeness (QED) is 0.193. The van der Waals surface area contributed by atoms with Crippen molar-refractivity contribution in [3.05, 3.63) is 70.8 Å². The van der Waals surface area contributed by atoms with Gasteiger partial charge in [0.15, 0.2) is 0 Å². The Morgan fingerprint density at radius 1 is 1.12 bits per heavy atom. The second-order valence-electron chi connectivity index (χ2n) is 10.2. The summed E-state index contributed by atoms with van der Waals surface area (Å²) in [5, 5.41) is 21.1. The highest BCUT2D eigenvalue weighted by molar-refractivity contribution is 8.00. The molecule has 1 atom stereocenters. The van der Waals surface area contributed by atoms with Crippen LogP contribution in [0.2, 0.25) is 0 Å². The number of rotatable bonds is 16. The van der Waals surface area contributed by atoms with E-state index in [0.29, 0.717) is 59.3 Å². The predicted molar refractivity (Wildman–Crippen MR) is 160 cm³/mol. The van der Waals surface area contributed by atoms with Crippen molar-refractivity contribution in [2.75, 3.05) is 12.4 Å². The number of imidazole rings is 1. The first-order chi connectivity index (χ1) is 20.0. The number of carboxylic acids is 2. The van der Waals surface area contributed by atoms with Gasteiger partial charge in [-0.2, -0.15) is 4.98 Å². The number of nitrogens with one attached hydrogen (secondary N) is 1. The molecule has 11 heteroatoms. The van der Waals surface area contributed by atoms with Gasteiger partial charge in [-0.25, -0.2) is 9.18 Å². The molecule has 1 unspecified atom stereocenters. The van der Waals surface area contributed by atoms with Gasteiger partial charge >= 0.3 is 11.9 Å². The molecule has 1 heterocycles. The van der Waals surface area contributed by atoms with E-state index in [1.165, 1.54) is 23.9 Å². The maximum atomic E-state index is 15.5. The van der Waals surface area contributed by atoms with Crippen molar-refractivity contribution in [3.63, 3.8) is 0 Å². The van der Waals surface area contributed by atoms with Crippen LogP contribution in [0.4, 0.5) is 4.39 Å². The van der Waals surface area contributed by atoms with Crippen LogP contribution in [0, 0.1) is 11.7 Å². The SMILES string of the molecule is CCOc1nc(CC)c(CNC(=O)C(CC(C)C)SCCC(=O)O)n1Cc1ccc(-c2ccccc2C(=O)O)cc1F. The Morgan fingerprint density at radius 2 is 1.86 bits per heavy atom. The van der Waals surface area contributed by atoms with E-state index in [-0.39, 0.29) is 36.9 Å². The molecule has 0 bridgehead atoms. The molecule has 42 heavy (non-hydrogen) atoms. The second kappa shape index (κ2) is 15.4. The summed E-state index contributed by atoms with van der Waals surface area (Å²) in [5.74, 6) is -2.13. The molecular formula is C31H38FN3O6S. The lowest BCUT2D eigenvalue weighted by atomic mass is 9.98. The van der Waals surface area contributed by atoms with Crippen molar-refractivity contribution in [1.29, 1.82) is 0 Å². The van der Waals surface area contributed by atoms with Gasteiger partial charge in [-0.15, -0.1) is 11.8 Å². The van der Waals surface area contributed by atoms with Gasteiger partial charge in [-0.05, 0) is 48.9 Å². The number of amides is 1. The number of ether oxygens (including phenoxy) is 1. The molecular weight excluding hydrogens is 561 g/mol. The molecule has 0 radical (unpaired) electrons. The van der Waals surface area contributed by atoms with Gasteiger partial charge in [-0.1, -0.05) is 51.1 Å². The number of aliphatic carboxylic acids is 1. The second-order valence-corrected chi connectivity index (χ2v) is 11.5. The van der Waals surface area contributed by atoms with Crippen molar-refractivity contribution < 1.29 is 33.7 Å². The van der Waals surface area contributed by atoms with Crippen LogP contribution >= 0.6 is 11.8 Å². The van der Waals surface area contributed by atoms with E-state index in [1.807, 2.05) is 27.7 Å². The molecule has 0 aliphatic heterocycles. The smallest absolute Gasteiger partial charge is 0.336 e. The van der Waals surface area contributed by atoms with Crippen LogP contribution in [-0.2, 0) is 29.1 Å². The highest BCUT2D eigenvalue weighted by Crippen LogP contribution is 2.28. The Kier molecular flexibility index (Phi) is 12.0. The van der Waals surface area contributed by atoms with Crippen molar-refractivity contribution in [2.24, 2.45) is 5.92 Å². The number of aromatic carboxylic acids is 1. The summed E-state index contributed by atoms with van der Waals surface area (Å²) in [6.07, 6.45) is 1.14. The number of hydrogen-bond acceptors (Lipinski definition) is 6. The maximum Gasteiger partial charge on any atom is 0.336 e. The zero-order valence-corrected chi connectivity index (χ0v) is 25.2. The lowest BCUT2D eigenvalue weighted by Gasteiger charge is -2.19. The average molecular weight is 600 g/mol. The van der Waals surface area contributed by atoms with Crippen LogP contribution in [-0.4, -0.2) is 55.2 Å². The Labute approximate surface area is 249 Å². The predicted octanol–water partition coefficient (Wildman–Crippen LogP) is 5.64. The summed E-state index contributed by atoms with van der Waals surface area (Å²) in [4.78, 5) is 40.4. The number of carboxylic acid groups (broad SMARTS) is 2. The topological polar surface area (TPSA) is 131 Å². The fourth-order valence-electron chi connectivity index (χ4n) is 4.58. The summed E-state index contributed by atoms with van der Waals surface area (Å²) in [6, 6.07) is 11.4. The molecule has 0 saturated carbocycles. The third-order valence-corrected chi connectivity index (χ3v) is 7.87. The van der Waals surface area contributed by atoms with E-state index in [1.54, 1.807) is 34.9 Å². The lowest BCUT2D eigenvalue weighted by Crippen LogP contribution is -2.34. The molecule has 3 aromatic rings. The van der Waals surface area contributed by atoms with Crippen LogP contribution in [0.15, 0.2) is 42.5 Å². The largest absolute Gasteiger partial charge is 0.481 e. The summed E-state index contributed by atoms with van der Waals surface area (Å²) in [7, 11) is 0. The van der Waals surface area contributed by atoms with E-state index in [9.17, 15) is 19.5 Å². The molecule has 0 spiro atoms. The van der Waals surface area contributed by atoms with Gasteiger partial charge in [0.05, 0.1) is 48.3 Å². The van der Waals surface area contributed by atoms with E-state index in [0.717, 1.165) is 0 Å². The van der Waals surface area contributed by atoms with Gasteiger partial charge < -0.3 is 20.3 Å². The summed E-state index contributed by atoms with van der Waals surface area (Å²) in [6.45, 7) is 8.35. The number of carbonyl (C=O) groups is 3. The first-order valence-corrected chi connectivity index (χ1v) is 15.0. The number of carbonyl (C=O) groups excluding carboxylic acids is 1. The third kappa shape index (κ3) is 8.58. The minimum absolute atomic E-state index is 0.0245. The Balaban J connectivity index is 1.88. The van der Waals surface area contributed by atoms with Gasteiger partial charge in [0.1, 0.15) is 5.82 Å². The Hall–Kier alpha value is -3.86. The standard InChI is InChI=1S/C31H38FN3O6S/c1-5-25-26(17-33-29(38)27(15-19(3)4)42-14-13-28(36)37)35(31(34-25)41-6-2)18-21-12-11-20(16-24(21)32)22-9-7-8-10-23(22)30(39)40/h7-12,16,19,27H,5-6,13-15,17-18H2,1-4H3,(H,33,38)(H,36,37)(H,39,40). The van der Waals surface area contributed by atoms with Crippen molar-refractivity contribution in [2.45, 2.75) is 65.3 Å². The van der Waals surface area contributed by atoms with Crippen LogP contribution < -0.4 is 10.1 Å². The fourth-order valence-corrected chi connectivity index (χ4v) is 5.91. The van der Waals surface area contributed by atoms with Crippen LogP contribution in [0.3, 0.4) is 0 Å². The minimum atomic E-state index is -1.09. The normalized spacial score (nSPS) is 11.9. The molecule has 0 aliphatic rings. The first kappa shape index (κ1) is 32.7. The molecule has 1 aromatic heterocycles. The Bertz CT molecular complexity index is 1410. The number of benzene rings is 2. The molecule has 0 saturated heterocycles. The van der Waals surface area contributed by atoms with E-state index in [4.69, 9.17) is 9.84 Å². The molecule has 0 fully saturated rings. The number of aryl methyl sites for hydroxylation is 1. The Morgan fingerprint density at radius 3 is 2.48 bits per heavy atom. The highest BCUT2D eigenvalue weighted by Gasteiger charge is 2.24. The maximum absolute atomic E-state index is 15.5. The molecule has 3 N–H and O–H groups in total. The zero-order valence-electron chi connectivity index (χ0n) is 24.4. The summed E-state index contributed by atoms with van der Waals surface area (Å²) >= 11 is 1.33. The third-order valence-electron chi connectivity index (χ3n) is 6.62. The van der Waals surface area contributed by atoms with Gasteiger partial charge in [0.2, 0.25) is 5.91 Å². The number of nitrogens with zero attached hydrogens (tertiary/aromatic N) is 2. The summed E-state index contributed by atoms with van der Waals surface area (Å²) in [5.41, 5.74) is 2.70. The molecule has 9 nitrogen and oxygen atoms in total. The molecule has 0 aliphatic carbocycles. The number of aromatic nitrogens is 2. The molecule has 226 valence electrons. The average Bonchev–Trinajstić information content (AvgIpc) is 3.27. The van der Waals surface area contributed by atoms with E-state index >= 15 is 4.39 Å². The highest BCUT2D eigenvalue weighted by atomic mass is 32.2. The number of halogens is 1. The molecule has 1 amide bonds. The van der Waals surface area contributed by atoms with Gasteiger partial charge in [0.25, 0.3) is 6.01 Å². The van der Waals surface area contributed by atoms with E-state index in [2.05, 4.69) is 10.3 Å². The molecule has 3 rings (SSSR count). The first-order valence-electron chi connectivity index (χ1n) is 14.0. The van der Waals surface area contributed by atoms with Crippen LogP contribution in [0.25, 0.3) is 11.1 Å². The number of thioether (sulfide) groups is 1. The van der Waals surface area contributed by atoms with Crippen molar-refractivity contribution in [1.82, 2.24) is 14.9 Å². The van der Waals surface area contributed by atoms with Gasteiger partial charge in [-0.3, -0.25) is 14.2 Å². The lowest BCUT2D eigenvalue weighted by molar-refractivity contribution is -0.136. The zero-order chi connectivity index (χ0) is 30.8. The monoisotopic (exact) mass is 599 g/mol. The van der Waals surface area contributed by atoms with Crippen molar-refractivity contribution >= 4 is 29.6 Å². The summed E-state index contributed by atoms with van der Waals surface area (Å²) < 4.78 is 23.0. The minimum Gasteiger partial charge on any atom is -0.481 e.